The summed E-state index contributed by atoms with van der Waals surface area (Å²) in [6.45, 7) is 0. The van der Waals surface area contributed by atoms with E-state index in [1.54, 1.807) is 0 Å². The first kappa shape index (κ1) is 10.4. The van der Waals surface area contributed by atoms with E-state index in [4.69, 9.17) is 34.8 Å². The Labute approximate surface area is 96.6 Å². The van der Waals surface area contributed by atoms with E-state index in [0.717, 1.165) is 0 Å². The standard InChI is InChI=1S/C5Cl3IN2O/c6-2-1(4(8)12)3(7)11-5(9)10-2. The normalized spacial score (nSPS) is 10.0. The molecule has 0 saturated heterocycles. The second kappa shape index (κ2) is 4.04. The maximum atomic E-state index is 10.7. The summed E-state index contributed by atoms with van der Waals surface area (Å²) in [6, 6.07) is 0. The number of hydrogen-bond donors (Lipinski definition) is 0. The number of nitrogens with zero attached hydrogens (tertiary/aromatic N) is 2. The second-order valence-corrected chi connectivity index (χ2v) is 3.75. The molecular formula is C5Cl3IN2O. The van der Waals surface area contributed by atoms with E-state index < -0.39 is 5.24 Å². The molecule has 0 aliphatic carbocycles. The van der Waals surface area contributed by atoms with Crippen LogP contribution >= 0.6 is 57.4 Å². The van der Waals surface area contributed by atoms with E-state index in [1.165, 1.54) is 0 Å². The molecule has 0 fully saturated rings. The van der Waals surface area contributed by atoms with Gasteiger partial charge in [0.15, 0.2) is 3.83 Å². The minimum Gasteiger partial charge on any atom is -0.275 e. The number of rotatable bonds is 1. The number of carbonyl (C=O) groups excluding carboxylic acids is 1. The topological polar surface area (TPSA) is 42.9 Å². The lowest BCUT2D eigenvalue weighted by Crippen LogP contribution is -1.99. The second-order valence-electron chi connectivity index (χ2n) is 1.72. The van der Waals surface area contributed by atoms with Crippen molar-refractivity contribution in [1.29, 1.82) is 0 Å². The molecule has 1 aromatic rings. The highest BCUT2D eigenvalue weighted by Gasteiger charge is 2.15. The molecule has 7 heteroatoms. The Morgan fingerprint density at radius 1 is 1.25 bits per heavy atom. The van der Waals surface area contributed by atoms with Gasteiger partial charge in [-0.25, -0.2) is 9.97 Å². The van der Waals surface area contributed by atoms with Gasteiger partial charge in [-0.3, -0.25) is 4.79 Å². The predicted molar refractivity (Wildman–Crippen MR) is 55.0 cm³/mol. The van der Waals surface area contributed by atoms with Crippen LogP contribution in [0.15, 0.2) is 0 Å². The van der Waals surface area contributed by atoms with Crippen LogP contribution in [0.3, 0.4) is 0 Å². The highest BCUT2D eigenvalue weighted by molar-refractivity contribution is 14.1. The Kier molecular flexibility index (Phi) is 3.51. The first-order chi connectivity index (χ1) is 5.52. The highest BCUT2D eigenvalue weighted by Crippen LogP contribution is 2.23. The van der Waals surface area contributed by atoms with Crippen LogP contribution in [0.5, 0.6) is 0 Å². The molecule has 0 bridgehead atoms. The molecule has 1 rings (SSSR count). The summed E-state index contributed by atoms with van der Waals surface area (Å²) in [7, 11) is 0. The van der Waals surface area contributed by atoms with Crippen LogP contribution in [0.4, 0.5) is 0 Å². The molecule has 3 nitrogen and oxygen atoms in total. The molecule has 0 spiro atoms. The van der Waals surface area contributed by atoms with Crippen molar-refractivity contribution in [3.63, 3.8) is 0 Å². The quantitative estimate of drug-likeness (QED) is 0.343. The van der Waals surface area contributed by atoms with Gasteiger partial charge in [0, 0.05) is 22.6 Å². The van der Waals surface area contributed by atoms with Crippen molar-refractivity contribution in [1.82, 2.24) is 9.97 Å². The lowest BCUT2D eigenvalue weighted by Gasteiger charge is -1.99. The van der Waals surface area contributed by atoms with Crippen LogP contribution in [-0.4, -0.2) is 15.2 Å². The van der Waals surface area contributed by atoms with E-state index in [9.17, 15) is 4.79 Å². The van der Waals surface area contributed by atoms with Gasteiger partial charge in [0.2, 0.25) is 0 Å². The van der Waals surface area contributed by atoms with E-state index >= 15 is 0 Å². The zero-order valence-corrected chi connectivity index (χ0v) is 9.74. The van der Waals surface area contributed by atoms with Gasteiger partial charge in [0.05, 0.1) is 0 Å². The Bertz CT molecular complexity index is 320. The number of aromatic nitrogens is 2. The lowest BCUT2D eigenvalue weighted by molar-refractivity contribution is 0.108. The third-order valence-corrected chi connectivity index (χ3v) is 2.21. The van der Waals surface area contributed by atoms with Gasteiger partial charge in [0.1, 0.15) is 15.9 Å². The molecular weight excluding hydrogens is 337 g/mol. The van der Waals surface area contributed by atoms with Crippen LogP contribution < -0.4 is 0 Å². The van der Waals surface area contributed by atoms with Gasteiger partial charge in [-0.1, -0.05) is 23.2 Å². The van der Waals surface area contributed by atoms with Gasteiger partial charge in [-0.15, -0.1) is 0 Å². The average Bonchev–Trinajstić information content (AvgIpc) is 1.82. The SMILES string of the molecule is O=C(Cl)c1c(Cl)nc(I)nc1Cl. The fraction of sp³-hybridized carbons (Fsp3) is 0. The third kappa shape index (κ3) is 2.18. The fourth-order valence-electron chi connectivity index (χ4n) is 0.546. The van der Waals surface area contributed by atoms with Crippen LogP contribution in [0.25, 0.3) is 0 Å². The van der Waals surface area contributed by atoms with Gasteiger partial charge in [-0.05, 0) is 11.6 Å². The molecule has 0 aliphatic heterocycles. The minimum absolute atomic E-state index is 0.0283. The molecule has 0 atom stereocenters. The molecule has 1 heterocycles. The van der Waals surface area contributed by atoms with Crippen LogP contribution in [0, 0.1) is 3.83 Å². The molecule has 0 N–H and O–H groups in total. The molecule has 12 heavy (non-hydrogen) atoms. The maximum Gasteiger partial charge on any atom is 0.258 e. The molecule has 0 aromatic carbocycles. The van der Waals surface area contributed by atoms with E-state index in [2.05, 4.69) is 9.97 Å². The van der Waals surface area contributed by atoms with Crippen molar-refractivity contribution < 1.29 is 4.79 Å². The zero-order valence-electron chi connectivity index (χ0n) is 5.31. The molecule has 0 unspecified atom stereocenters. The Balaban J connectivity index is 3.38. The maximum absolute atomic E-state index is 10.7. The zero-order chi connectivity index (χ0) is 9.30. The van der Waals surface area contributed by atoms with E-state index in [1.807, 2.05) is 22.6 Å². The van der Waals surface area contributed by atoms with Crippen molar-refractivity contribution in [3.8, 4) is 0 Å². The molecule has 0 aliphatic rings. The fourth-order valence-corrected chi connectivity index (χ4v) is 2.15. The summed E-state index contributed by atoms with van der Waals surface area (Å²) in [5.74, 6) is 0. The predicted octanol–water partition coefficient (Wildman–Crippen LogP) is 2.77. The van der Waals surface area contributed by atoms with Crippen LogP contribution in [0.1, 0.15) is 10.4 Å². The van der Waals surface area contributed by atoms with Crippen molar-refractivity contribution in [3.05, 3.63) is 19.7 Å². The van der Waals surface area contributed by atoms with Crippen molar-refractivity contribution >= 4 is 62.6 Å². The molecule has 0 saturated carbocycles. The summed E-state index contributed by atoms with van der Waals surface area (Å²) < 4.78 is 0.365. The first-order valence-corrected chi connectivity index (χ1v) is 4.82. The van der Waals surface area contributed by atoms with E-state index in [0.29, 0.717) is 3.83 Å². The molecule has 0 radical (unpaired) electrons. The third-order valence-electron chi connectivity index (χ3n) is 0.990. The summed E-state index contributed by atoms with van der Waals surface area (Å²) in [6.07, 6.45) is 0. The van der Waals surface area contributed by atoms with Gasteiger partial charge in [-0.2, -0.15) is 0 Å². The number of hydrogen-bond acceptors (Lipinski definition) is 3. The van der Waals surface area contributed by atoms with Gasteiger partial charge < -0.3 is 0 Å². The van der Waals surface area contributed by atoms with Crippen LogP contribution in [-0.2, 0) is 0 Å². The van der Waals surface area contributed by atoms with E-state index in [-0.39, 0.29) is 15.9 Å². The highest BCUT2D eigenvalue weighted by atomic mass is 127. The minimum atomic E-state index is -0.763. The summed E-state index contributed by atoms with van der Waals surface area (Å²) in [5, 5.41) is -0.819. The monoisotopic (exact) mass is 336 g/mol. The summed E-state index contributed by atoms with van der Waals surface area (Å²) >= 11 is 18.2. The lowest BCUT2D eigenvalue weighted by atomic mass is 10.4. The first-order valence-electron chi connectivity index (χ1n) is 2.60. The average molecular weight is 337 g/mol. The Morgan fingerprint density at radius 3 is 2.00 bits per heavy atom. The van der Waals surface area contributed by atoms with Crippen LogP contribution in [0.2, 0.25) is 10.3 Å². The Morgan fingerprint density at radius 2 is 1.67 bits per heavy atom. The number of halogens is 4. The summed E-state index contributed by atoms with van der Waals surface area (Å²) in [5.41, 5.74) is -0.0552. The summed E-state index contributed by atoms with van der Waals surface area (Å²) in [4.78, 5) is 18.1. The smallest absolute Gasteiger partial charge is 0.258 e. The number of carbonyl (C=O) groups is 1. The van der Waals surface area contributed by atoms with Crippen molar-refractivity contribution in [2.75, 3.05) is 0 Å². The largest absolute Gasteiger partial charge is 0.275 e. The van der Waals surface area contributed by atoms with Gasteiger partial charge in [0.25, 0.3) is 5.24 Å². The van der Waals surface area contributed by atoms with Crippen molar-refractivity contribution in [2.45, 2.75) is 0 Å². The molecule has 1 aromatic heterocycles. The van der Waals surface area contributed by atoms with Gasteiger partial charge >= 0.3 is 0 Å². The Hall–Kier alpha value is 0.350. The van der Waals surface area contributed by atoms with Crippen molar-refractivity contribution in [2.24, 2.45) is 0 Å². The molecule has 0 amide bonds. The molecule has 64 valence electrons.